The summed E-state index contributed by atoms with van der Waals surface area (Å²) in [6.07, 6.45) is 2.14. The zero-order valence-electron chi connectivity index (χ0n) is 18.2. The lowest BCUT2D eigenvalue weighted by Crippen LogP contribution is -2.23. The van der Waals surface area contributed by atoms with Crippen LogP contribution in [0.25, 0.3) is 10.9 Å². The number of aryl methyl sites for hydroxylation is 1. The van der Waals surface area contributed by atoms with E-state index in [2.05, 4.69) is 89.9 Å². The minimum atomic E-state index is -0.250. The monoisotopic (exact) mass is 425 g/mol. The highest BCUT2D eigenvalue weighted by Crippen LogP contribution is 2.38. The lowest BCUT2D eigenvalue weighted by Gasteiger charge is -2.22. The van der Waals surface area contributed by atoms with E-state index < -0.39 is 0 Å². The molecule has 3 aromatic carbocycles. The molecule has 1 aliphatic heterocycles. The smallest absolute Gasteiger partial charge is 0.290 e. The molecule has 0 unspecified atom stereocenters. The molecule has 5 nitrogen and oxygen atoms in total. The normalized spacial score (nSPS) is 12.1. The maximum Gasteiger partial charge on any atom is 0.290 e. The molecule has 1 aromatic heterocycles. The molecule has 0 bridgehead atoms. The number of benzene rings is 3. The fraction of sp³-hybridized carbons (Fsp3) is 0.185. The van der Waals surface area contributed by atoms with Crippen molar-refractivity contribution in [2.24, 2.45) is 0 Å². The third-order valence-electron chi connectivity index (χ3n) is 5.79. The van der Waals surface area contributed by atoms with Gasteiger partial charge in [0.2, 0.25) is 0 Å². The van der Waals surface area contributed by atoms with Crippen LogP contribution < -0.4 is 10.2 Å². The fourth-order valence-corrected chi connectivity index (χ4v) is 4.32. The number of hydrogen-bond donors (Lipinski definition) is 2. The van der Waals surface area contributed by atoms with Crippen molar-refractivity contribution in [2.75, 3.05) is 23.3 Å². The van der Waals surface area contributed by atoms with Gasteiger partial charge in [0.15, 0.2) is 0 Å². The molecule has 0 fully saturated rings. The standard InChI is InChI=1S/C26H25N3.CH2O2/c1-19-23-15-17-29(16-14-20-8-4-2-5-9-20)26(23)24-18-22(12-13-25(24)27-19)28-21-10-6-3-7-11-21;2-1-3/h2-13,18,28H,14-17H2,1H3;1H,(H,2,3). The largest absolute Gasteiger partial charge is 0.483 e. The van der Waals surface area contributed by atoms with Crippen LogP contribution in [-0.4, -0.2) is 29.7 Å². The van der Waals surface area contributed by atoms with E-state index in [-0.39, 0.29) is 6.47 Å². The van der Waals surface area contributed by atoms with Gasteiger partial charge in [-0.05, 0) is 61.2 Å². The Morgan fingerprint density at radius 1 is 1.00 bits per heavy atom. The molecular weight excluding hydrogens is 398 g/mol. The van der Waals surface area contributed by atoms with Gasteiger partial charge in [0, 0.05) is 35.5 Å². The van der Waals surface area contributed by atoms with Gasteiger partial charge >= 0.3 is 0 Å². The van der Waals surface area contributed by atoms with Crippen molar-refractivity contribution < 1.29 is 9.90 Å². The number of nitrogens with one attached hydrogen (secondary N) is 1. The van der Waals surface area contributed by atoms with Crippen molar-refractivity contribution in [1.29, 1.82) is 0 Å². The topological polar surface area (TPSA) is 65.5 Å². The van der Waals surface area contributed by atoms with E-state index >= 15 is 0 Å². The Bertz CT molecular complexity index is 1190. The Kier molecular flexibility index (Phi) is 6.66. The Morgan fingerprint density at radius 3 is 2.41 bits per heavy atom. The van der Waals surface area contributed by atoms with Crippen LogP contribution in [0.15, 0.2) is 78.9 Å². The highest BCUT2D eigenvalue weighted by molar-refractivity contribution is 5.97. The van der Waals surface area contributed by atoms with Gasteiger partial charge < -0.3 is 15.3 Å². The predicted molar refractivity (Wildman–Crippen MR) is 131 cm³/mol. The highest BCUT2D eigenvalue weighted by Gasteiger charge is 2.24. The maximum atomic E-state index is 8.36. The summed E-state index contributed by atoms with van der Waals surface area (Å²) in [5, 5.41) is 11.7. The first-order valence-corrected chi connectivity index (χ1v) is 10.8. The lowest BCUT2D eigenvalue weighted by molar-refractivity contribution is -0.122. The van der Waals surface area contributed by atoms with Crippen molar-refractivity contribution in [3.05, 3.63) is 95.7 Å². The van der Waals surface area contributed by atoms with Crippen molar-refractivity contribution in [1.82, 2.24) is 4.98 Å². The summed E-state index contributed by atoms with van der Waals surface area (Å²) in [5.41, 5.74) is 8.62. The molecule has 2 N–H and O–H groups in total. The number of aromatic nitrogens is 1. The molecule has 0 radical (unpaired) electrons. The molecule has 0 spiro atoms. The number of pyridine rings is 1. The molecular formula is C27H27N3O2. The second kappa shape index (κ2) is 9.96. The van der Waals surface area contributed by atoms with Crippen molar-refractivity contribution in [2.45, 2.75) is 19.8 Å². The SMILES string of the molecule is Cc1nc2ccc(Nc3ccccc3)cc2c2c1CCN2CCc1ccccc1.O=CO. The Morgan fingerprint density at radius 2 is 1.69 bits per heavy atom. The van der Waals surface area contributed by atoms with Crippen LogP contribution in [-0.2, 0) is 17.6 Å². The zero-order valence-corrected chi connectivity index (χ0v) is 18.2. The Labute approximate surface area is 188 Å². The van der Waals surface area contributed by atoms with Gasteiger partial charge in [-0.1, -0.05) is 48.5 Å². The second-order valence-corrected chi connectivity index (χ2v) is 7.83. The first kappa shape index (κ1) is 21.4. The predicted octanol–water partition coefficient (Wildman–Crippen LogP) is 5.59. The quantitative estimate of drug-likeness (QED) is 0.408. The van der Waals surface area contributed by atoms with E-state index in [0.717, 1.165) is 42.8 Å². The van der Waals surface area contributed by atoms with Gasteiger partial charge in [-0.25, -0.2) is 0 Å². The fourth-order valence-electron chi connectivity index (χ4n) is 4.32. The summed E-state index contributed by atoms with van der Waals surface area (Å²) in [6.45, 7) is 4.00. The van der Waals surface area contributed by atoms with Crippen LogP contribution in [0.4, 0.5) is 17.1 Å². The van der Waals surface area contributed by atoms with Gasteiger partial charge in [-0.15, -0.1) is 0 Å². The molecule has 0 atom stereocenters. The van der Waals surface area contributed by atoms with Gasteiger partial charge in [-0.3, -0.25) is 9.78 Å². The minimum absolute atomic E-state index is 0.250. The van der Waals surface area contributed by atoms with E-state index in [4.69, 9.17) is 14.9 Å². The summed E-state index contributed by atoms with van der Waals surface area (Å²) in [4.78, 5) is 15.8. The average molecular weight is 426 g/mol. The Hall–Kier alpha value is -3.86. The van der Waals surface area contributed by atoms with E-state index in [1.807, 2.05) is 6.07 Å². The molecule has 2 heterocycles. The van der Waals surface area contributed by atoms with Crippen LogP contribution in [0.5, 0.6) is 0 Å². The highest BCUT2D eigenvalue weighted by atomic mass is 16.3. The first-order valence-electron chi connectivity index (χ1n) is 10.8. The number of carbonyl (C=O) groups is 1. The minimum Gasteiger partial charge on any atom is -0.483 e. The number of para-hydroxylation sites is 1. The van der Waals surface area contributed by atoms with Crippen LogP contribution in [0.2, 0.25) is 0 Å². The maximum absolute atomic E-state index is 8.36. The van der Waals surface area contributed by atoms with E-state index in [1.165, 1.54) is 27.9 Å². The molecule has 0 saturated carbocycles. The van der Waals surface area contributed by atoms with E-state index in [1.54, 1.807) is 0 Å². The summed E-state index contributed by atoms with van der Waals surface area (Å²) >= 11 is 0. The van der Waals surface area contributed by atoms with E-state index in [0.29, 0.717) is 0 Å². The molecule has 4 aromatic rings. The number of hydrogen-bond acceptors (Lipinski definition) is 4. The lowest BCUT2D eigenvalue weighted by atomic mass is 10.1. The van der Waals surface area contributed by atoms with Crippen molar-refractivity contribution in [3.8, 4) is 0 Å². The van der Waals surface area contributed by atoms with Crippen LogP contribution >= 0.6 is 0 Å². The molecule has 162 valence electrons. The number of fused-ring (bicyclic) bond motifs is 3. The van der Waals surface area contributed by atoms with Gasteiger partial charge in [0.1, 0.15) is 0 Å². The molecule has 32 heavy (non-hydrogen) atoms. The first-order chi connectivity index (χ1) is 15.7. The third kappa shape index (κ3) is 4.72. The summed E-state index contributed by atoms with van der Waals surface area (Å²) < 4.78 is 0. The summed E-state index contributed by atoms with van der Waals surface area (Å²) in [5.74, 6) is 0. The van der Waals surface area contributed by atoms with Crippen LogP contribution in [0.3, 0.4) is 0 Å². The molecule has 0 saturated heterocycles. The molecule has 0 aliphatic carbocycles. The zero-order chi connectivity index (χ0) is 22.3. The third-order valence-corrected chi connectivity index (χ3v) is 5.79. The summed E-state index contributed by atoms with van der Waals surface area (Å²) in [7, 11) is 0. The average Bonchev–Trinajstić information content (AvgIpc) is 3.25. The van der Waals surface area contributed by atoms with Crippen molar-refractivity contribution in [3.63, 3.8) is 0 Å². The molecule has 0 amide bonds. The number of anilines is 3. The molecule has 1 aliphatic rings. The summed E-state index contributed by atoms with van der Waals surface area (Å²) in [6, 6.07) is 27.6. The molecule has 5 rings (SSSR count). The van der Waals surface area contributed by atoms with Gasteiger partial charge in [-0.2, -0.15) is 0 Å². The Balaban J connectivity index is 0.000000775. The van der Waals surface area contributed by atoms with Gasteiger partial charge in [0.25, 0.3) is 6.47 Å². The number of carboxylic acid groups (broad SMARTS) is 1. The number of nitrogens with zero attached hydrogens (tertiary/aromatic N) is 2. The second-order valence-electron chi connectivity index (χ2n) is 7.83. The van der Waals surface area contributed by atoms with Crippen LogP contribution in [0, 0.1) is 6.92 Å². The number of rotatable bonds is 5. The van der Waals surface area contributed by atoms with Gasteiger partial charge in [0.05, 0.1) is 11.2 Å². The van der Waals surface area contributed by atoms with Crippen LogP contribution in [0.1, 0.15) is 16.8 Å². The van der Waals surface area contributed by atoms with E-state index in [9.17, 15) is 0 Å². The molecule has 5 heteroatoms. The van der Waals surface area contributed by atoms with Crippen molar-refractivity contribution >= 4 is 34.4 Å².